The number of benzene rings is 1. The fraction of sp³-hybridized carbons (Fsp3) is 0.154. The van der Waals surface area contributed by atoms with E-state index in [0.29, 0.717) is 11.3 Å². The second-order valence-electron chi connectivity index (χ2n) is 4.08. The van der Waals surface area contributed by atoms with E-state index in [4.69, 9.17) is 5.11 Å². The predicted octanol–water partition coefficient (Wildman–Crippen LogP) is 2.67. The number of aromatic carboxylic acids is 1. The second kappa shape index (κ2) is 5.01. The van der Waals surface area contributed by atoms with Crippen LogP contribution in [0, 0.1) is 19.7 Å². The van der Waals surface area contributed by atoms with Gasteiger partial charge in [-0.3, -0.25) is 0 Å². The average Bonchev–Trinajstić information content (AvgIpc) is 2.34. The van der Waals surface area contributed by atoms with Gasteiger partial charge < -0.3 is 10.4 Å². The van der Waals surface area contributed by atoms with Gasteiger partial charge in [0.15, 0.2) is 11.6 Å². The van der Waals surface area contributed by atoms with E-state index in [2.05, 4.69) is 15.3 Å². The average molecular weight is 261 g/mol. The van der Waals surface area contributed by atoms with E-state index >= 15 is 0 Å². The normalized spacial score (nSPS) is 10.3. The molecule has 0 aliphatic carbocycles. The number of carboxylic acids is 1. The largest absolute Gasteiger partial charge is 0.478 e. The van der Waals surface area contributed by atoms with Gasteiger partial charge in [-0.1, -0.05) is 0 Å². The van der Waals surface area contributed by atoms with E-state index in [0.717, 1.165) is 0 Å². The van der Waals surface area contributed by atoms with Gasteiger partial charge in [0.05, 0.1) is 11.3 Å². The van der Waals surface area contributed by atoms with Crippen molar-refractivity contribution in [1.82, 2.24) is 9.97 Å². The van der Waals surface area contributed by atoms with Crippen LogP contribution in [0.2, 0.25) is 0 Å². The number of nitrogens with one attached hydrogen (secondary N) is 1. The van der Waals surface area contributed by atoms with Crippen LogP contribution in [0.3, 0.4) is 0 Å². The summed E-state index contributed by atoms with van der Waals surface area (Å²) in [6.07, 6.45) is 1.26. The summed E-state index contributed by atoms with van der Waals surface area (Å²) in [6.45, 7) is 3.22. The van der Waals surface area contributed by atoms with Gasteiger partial charge in [-0.15, -0.1) is 0 Å². The van der Waals surface area contributed by atoms with Crippen molar-refractivity contribution < 1.29 is 14.3 Å². The lowest BCUT2D eigenvalue weighted by Gasteiger charge is -2.09. The molecule has 0 saturated carbocycles. The molecule has 98 valence electrons. The number of hydrogen-bond acceptors (Lipinski definition) is 4. The minimum atomic E-state index is -0.992. The van der Waals surface area contributed by atoms with Gasteiger partial charge in [0.2, 0.25) is 0 Å². The van der Waals surface area contributed by atoms with Crippen LogP contribution in [-0.4, -0.2) is 21.0 Å². The maximum atomic E-state index is 13.7. The first kappa shape index (κ1) is 12.9. The number of nitrogens with zero attached hydrogens (tertiary/aromatic N) is 2. The van der Waals surface area contributed by atoms with Crippen LogP contribution in [0.5, 0.6) is 0 Å². The smallest absolute Gasteiger partial charge is 0.335 e. The second-order valence-corrected chi connectivity index (χ2v) is 4.08. The van der Waals surface area contributed by atoms with E-state index in [9.17, 15) is 9.18 Å². The van der Waals surface area contributed by atoms with Crippen molar-refractivity contribution in [1.29, 1.82) is 0 Å². The summed E-state index contributed by atoms with van der Waals surface area (Å²) in [4.78, 5) is 18.4. The molecular formula is C13H12FN3O2. The lowest BCUT2D eigenvalue weighted by molar-refractivity contribution is 0.0696. The first-order valence-corrected chi connectivity index (χ1v) is 5.57. The molecule has 0 saturated heterocycles. The molecule has 0 amide bonds. The van der Waals surface area contributed by atoms with E-state index < -0.39 is 11.8 Å². The first-order valence-electron chi connectivity index (χ1n) is 5.57. The van der Waals surface area contributed by atoms with Gasteiger partial charge in [-0.2, -0.15) is 0 Å². The van der Waals surface area contributed by atoms with E-state index in [1.165, 1.54) is 12.4 Å². The molecule has 0 aliphatic heterocycles. The summed E-state index contributed by atoms with van der Waals surface area (Å²) in [5.74, 6) is -1.45. The van der Waals surface area contributed by atoms with Crippen molar-refractivity contribution in [2.24, 2.45) is 0 Å². The molecular weight excluding hydrogens is 249 g/mol. The number of hydrogen-bond donors (Lipinski definition) is 2. The molecule has 1 heterocycles. The molecule has 0 bridgehead atoms. The monoisotopic (exact) mass is 261 g/mol. The zero-order chi connectivity index (χ0) is 14.0. The summed E-state index contributed by atoms with van der Waals surface area (Å²) in [5.41, 5.74) is 1.62. The number of halogens is 1. The molecule has 0 unspecified atom stereocenters. The minimum Gasteiger partial charge on any atom is -0.478 e. The van der Waals surface area contributed by atoms with Crippen molar-refractivity contribution in [3.63, 3.8) is 0 Å². The van der Waals surface area contributed by atoms with Crippen molar-refractivity contribution in [3.8, 4) is 0 Å². The Bertz CT molecular complexity index is 644. The quantitative estimate of drug-likeness (QED) is 0.888. The summed E-state index contributed by atoms with van der Waals surface area (Å²) in [6, 6.07) is 4.65. The van der Waals surface area contributed by atoms with Crippen molar-refractivity contribution in [2.45, 2.75) is 13.8 Å². The molecule has 5 nitrogen and oxygen atoms in total. The molecule has 1 aromatic carbocycles. The fourth-order valence-electron chi connectivity index (χ4n) is 1.66. The van der Waals surface area contributed by atoms with Crippen LogP contribution in [-0.2, 0) is 0 Å². The van der Waals surface area contributed by atoms with Crippen molar-refractivity contribution in [2.75, 3.05) is 5.32 Å². The highest BCUT2D eigenvalue weighted by Gasteiger charge is 2.10. The molecule has 1 aromatic heterocycles. The Hall–Kier alpha value is -2.50. The molecule has 2 aromatic rings. The van der Waals surface area contributed by atoms with E-state index in [1.54, 1.807) is 26.0 Å². The Kier molecular flexibility index (Phi) is 3.41. The highest BCUT2D eigenvalue weighted by molar-refractivity contribution is 5.90. The van der Waals surface area contributed by atoms with Crippen LogP contribution in [0.1, 0.15) is 21.6 Å². The van der Waals surface area contributed by atoms with Gasteiger partial charge >= 0.3 is 5.97 Å². The van der Waals surface area contributed by atoms with Gasteiger partial charge in [0.1, 0.15) is 6.33 Å². The van der Waals surface area contributed by atoms with Crippen LogP contribution in [0.4, 0.5) is 15.9 Å². The zero-order valence-electron chi connectivity index (χ0n) is 10.4. The number of aromatic nitrogens is 2. The summed E-state index contributed by atoms with van der Waals surface area (Å²) in [7, 11) is 0. The Morgan fingerprint density at radius 2 is 2.05 bits per heavy atom. The molecule has 0 fully saturated rings. The van der Waals surface area contributed by atoms with Crippen LogP contribution in [0.15, 0.2) is 24.5 Å². The van der Waals surface area contributed by atoms with Crippen LogP contribution in [0.25, 0.3) is 0 Å². The van der Waals surface area contributed by atoms with Crippen LogP contribution >= 0.6 is 0 Å². The molecule has 6 heteroatoms. The minimum absolute atomic E-state index is 0.0648. The summed E-state index contributed by atoms with van der Waals surface area (Å²) in [5, 5.41) is 11.7. The molecule has 2 rings (SSSR count). The third kappa shape index (κ3) is 2.67. The van der Waals surface area contributed by atoms with Gasteiger partial charge in [0.25, 0.3) is 0 Å². The number of aryl methyl sites for hydroxylation is 2. The number of carboxylic acid groups (broad SMARTS) is 1. The van der Waals surface area contributed by atoms with Gasteiger partial charge in [0, 0.05) is 5.69 Å². The highest BCUT2D eigenvalue weighted by Crippen LogP contribution is 2.21. The van der Waals surface area contributed by atoms with Gasteiger partial charge in [-0.25, -0.2) is 19.2 Å². The Morgan fingerprint density at radius 3 is 2.68 bits per heavy atom. The maximum Gasteiger partial charge on any atom is 0.335 e. The number of anilines is 2. The Labute approximate surface area is 109 Å². The standard InChI is InChI=1S/C13H12FN3O2/c1-7-5-9(3-4-10(7)13(18)19)17-12-11(14)8(2)15-6-16-12/h3-6H,1-2H3,(H,18,19)(H,15,16,17). The Balaban J connectivity index is 2.32. The van der Waals surface area contributed by atoms with Crippen molar-refractivity contribution >= 4 is 17.5 Å². The lowest BCUT2D eigenvalue weighted by atomic mass is 10.1. The highest BCUT2D eigenvalue weighted by atomic mass is 19.1. The SMILES string of the molecule is Cc1cc(Nc2ncnc(C)c2F)ccc1C(=O)O. The number of carbonyl (C=O) groups is 1. The summed E-state index contributed by atoms with van der Waals surface area (Å²) < 4.78 is 13.7. The Morgan fingerprint density at radius 1 is 1.32 bits per heavy atom. The molecule has 0 aliphatic rings. The molecule has 0 radical (unpaired) electrons. The topological polar surface area (TPSA) is 75.1 Å². The third-order valence-corrected chi connectivity index (χ3v) is 2.68. The molecule has 0 atom stereocenters. The number of rotatable bonds is 3. The van der Waals surface area contributed by atoms with Crippen LogP contribution < -0.4 is 5.32 Å². The first-order chi connectivity index (χ1) is 8.99. The van der Waals surface area contributed by atoms with E-state index in [-0.39, 0.29) is 17.1 Å². The molecule has 19 heavy (non-hydrogen) atoms. The lowest BCUT2D eigenvalue weighted by Crippen LogP contribution is -2.03. The summed E-state index contributed by atoms with van der Waals surface area (Å²) >= 11 is 0. The predicted molar refractivity (Wildman–Crippen MR) is 68.1 cm³/mol. The van der Waals surface area contributed by atoms with E-state index in [1.807, 2.05) is 0 Å². The molecule has 0 spiro atoms. The van der Waals surface area contributed by atoms with Crippen molar-refractivity contribution in [3.05, 3.63) is 47.2 Å². The fourth-order valence-corrected chi connectivity index (χ4v) is 1.66. The third-order valence-electron chi connectivity index (χ3n) is 2.68. The van der Waals surface area contributed by atoms with Gasteiger partial charge in [-0.05, 0) is 37.6 Å². The molecule has 2 N–H and O–H groups in total. The zero-order valence-corrected chi connectivity index (χ0v) is 10.4. The maximum absolute atomic E-state index is 13.7.